The minimum absolute atomic E-state index is 0.227. The number of rotatable bonds is 4. The van der Waals surface area contributed by atoms with E-state index in [9.17, 15) is 4.79 Å². The molecule has 1 fully saturated rings. The lowest BCUT2D eigenvalue weighted by Crippen LogP contribution is -2.46. The lowest BCUT2D eigenvalue weighted by atomic mass is 9.91. The maximum Gasteiger partial charge on any atom is 0.218 e. The Morgan fingerprint density at radius 3 is 2.56 bits per heavy atom. The van der Waals surface area contributed by atoms with E-state index in [0.717, 1.165) is 24.7 Å². The van der Waals surface area contributed by atoms with E-state index in [1.165, 1.54) is 5.56 Å². The van der Waals surface area contributed by atoms with Crippen molar-refractivity contribution in [3.63, 3.8) is 0 Å². The molecule has 1 heterocycles. The fraction of sp³-hybridized carbons (Fsp3) is 0.417. The SMILES string of the molecule is NC(=O)CCN1CC(c2ccc(Cl)cc2)C1. The van der Waals surface area contributed by atoms with Crippen LogP contribution in [0, 0.1) is 0 Å². The molecule has 2 rings (SSSR count). The number of halogens is 1. The highest BCUT2D eigenvalue weighted by molar-refractivity contribution is 6.30. The maximum absolute atomic E-state index is 10.6. The molecular formula is C12H15ClN2O. The summed E-state index contributed by atoms with van der Waals surface area (Å²) in [5, 5.41) is 0.772. The molecule has 86 valence electrons. The van der Waals surface area contributed by atoms with Crippen LogP contribution in [0.3, 0.4) is 0 Å². The minimum atomic E-state index is -0.227. The van der Waals surface area contributed by atoms with Crippen LogP contribution in [0.2, 0.25) is 5.02 Å². The fourth-order valence-corrected chi connectivity index (χ4v) is 2.09. The Balaban J connectivity index is 1.79. The molecule has 0 radical (unpaired) electrons. The Hall–Kier alpha value is -1.06. The minimum Gasteiger partial charge on any atom is -0.370 e. The number of hydrogen-bond donors (Lipinski definition) is 1. The molecule has 1 aliphatic rings. The largest absolute Gasteiger partial charge is 0.370 e. The lowest BCUT2D eigenvalue weighted by molar-refractivity contribution is -0.118. The van der Waals surface area contributed by atoms with Gasteiger partial charge in [0.25, 0.3) is 0 Å². The molecule has 0 saturated carbocycles. The fourth-order valence-electron chi connectivity index (χ4n) is 1.97. The summed E-state index contributed by atoms with van der Waals surface area (Å²) >= 11 is 5.83. The first-order valence-corrected chi connectivity index (χ1v) is 5.79. The first kappa shape index (κ1) is 11.4. The molecule has 0 aromatic heterocycles. The number of benzene rings is 1. The van der Waals surface area contributed by atoms with Gasteiger partial charge in [0.05, 0.1) is 0 Å². The predicted octanol–water partition coefficient (Wildman–Crippen LogP) is 1.61. The molecule has 1 aromatic rings. The number of carbonyl (C=O) groups is 1. The summed E-state index contributed by atoms with van der Waals surface area (Å²) < 4.78 is 0. The molecule has 1 aliphatic heterocycles. The van der Waals surface area contributed by atoms with Crippen molar-refractivity contribution in [2.75, 3.05) is 19.6 Å². The molecule has 2 N–H and O–H groups in total. The highest BCUT2D eigenvalue weighted by Gasteiger charge is 2.27. The highest BCUT2D eigenvalue weighted by Crippen LogP contribution is 2.27. The third kappa shape index (κ3) is 2.74. The van der Waals surface area contributed by atoms with Gasteiger partial charge in [-0.25, -0.2) is 0 Å². The van der Waals surface area contributed by atoms with Crippen molar-refractivity contribution in [1.82, 2.24) is 4.90 Å². The molecule has 1 saturated heterocycles. The van der Waals surface area contributed by atoms with Gasteiger partial charge in [0.15, 0.2) is 0 Å². The maximum atomic E-state index is 10.6. The zero-order valence-corrected chi connectivity index (χ0v) is 9.78. The Labute approximate surface area is 100 Å². The van der Waals surface area contributed by atoms with Gasteiger partial charge in [-0.05, 0) is 17.7 Å². The Morgan fingerprint density at radius 2 is 2.00 bits per heavy atom. The number of nitrogens with two attached hydrogens (primary N) is 1. The van der Waals surface area contributed by atoms with E-state index in [-0.39, 0.29) is 5.91 Å². The van der Waals surface area contributed by atoms with Gasteiger partial charge in [-0.3, -0.25) is 4.79 Å². The molecule has 4 heteroatoms. The molecule has 1 amide bonds. The van der Waals surface area contributed by atoms with E-state index < -0.39 is 0 Å². The zero-order valence-electron chi connectivity index (χ0n) is 9.03. The number of likely N-dealkylation sites (tertiary alicyclic amines) is 1. The van der Waals surface area contributed by atoms with E-state index in [1.807, 2.05) is 12.1 Å². The molecule has 1 aromatic carbocycles. The van der Waals surface area contributed by atoms with Gasteiger partial charge in [-0.1, -0.05) is 23.7 Å². The van der Waals surface area contributed by atoms with E-state index in [1.54, 1.807) is 0 Å². The van der Waals surface area contributed by atoms with Gasteiger partial charge in [0.1, 0.15) is 0 Å². The average Bonchev–Trinajstić information content (AvgIpc) is 2.18. The van der Waals surface area contributed by atoms with Crippen molar-refractivity contribution in [2.24, 2.45) is 5.73 Å². The van der Waals surface area contributed by atoms with Crippen molar-refractivity contribution in [3.05, 3.63) is 34.9 Å². The molecule has 3 nitrogen and oxygen atoms in total. The summed E-state index contributed by atoms with van der Waals surface area (Å²) in [5.41, 5.74) is 6.42. The number of carbonyl (C=O) groups excluding carboxylic acids is 1. The van der Waals surface area contributed by atoms with Crippen molar-refractivity contribution in [1.29, 1.82) is 0 Å². The topological polar surface area (TPSA) is 46.3 Å². The van der Waals surface area contributed by atoms with Crippen LogP contribution < -0.4 is 5.73 Å². The Morgan fingerprint density at radius 1 is 1.38 bits per heavy atom. The zero-order chi connectivity index (χ0) is 11.5. The summed E-state index contributed by atoms with van der Waals surface area (Å²) in [7, 11) is 0. The standard InChI is InChI=1S/C12H15ClN2O/c13-11-3-1-9(2-4-11)10-7-15(8-10)6-5-12(14)16/h1-4,10H,5-8H2,(H2,14,16). The van der Waals surface area contributed by atoms with Gasteiger partial charge in [-0.2, -0.15) is 0 Å². The predicted molar refractivity (Wildman–Crippen MR) is 64.4 cm³/mol. The van der Waals surface area contributed by atoms with E-state index in [4.69, 9.17) is 17.3 Å². The van der Waals surface area contributed by atoms with Crippen LogP contribution in [0.5, 0.6) is 0 Å². The highest BCUT2D eigenvalue weighted by atomic mass is 35.5. The van der Waals surface area contributed by atoms with Crippen LogP contribution in [0.15, 0.2) is 24.3 Å². The normalized spacial score (nSPS) is 17.1. The van der Waals surface area contributed by atoms with Crippen molar-refractivity contribution < 1.29 is 4.79 Å². The van der Waals surface area contributed by atoms with Crippen molar-refractivity contribution in [3.8, 4) is 0 Å². The van der Waals surface area contributed by atoms with Crippen LogP contribution in [-0.4, -0.2) is 30.4 Å². The second-order valence-electron chi connectivity index (χ2n) is 4.22. The van der Waals surface area contributed by atoms with Crippen LogP contribution in [0.25, 0.3) is 0 Å². The first-order chi connectivity index (χ1) is 7.65. The molecule has 0 atom stereocenters. The summed E-state index contributed by atoms with van der Waals surface area (Å²) in [5.74, 6) is 0.347. The van der Waals surface area contributed by atoms with Crippen molar-refractivity contribution in [2.45, 2.75) is 12.3 Å². The molecule has 16 heavy (non-hydrogen) atoms. The summed E-state index contributed by atoms with van der Waals surface area (Å²) in [6.07, 6.45) is 0.452. The van der Waals surface area contributed by atoms with Crippen LogP contribution >= 0.6 is 11.6 Å². The van der Waals surface area contributed by atoms with E-state index in [2.05, 4.69) is 17.0 Å². The quantitative estimate of drug-likeness (QED) is 0.867. The van der Waals surface area contributed by atoms with Gasteiger partial charge in [0, 0.05) is 37.0 Å². The van der Waals surface area contributed by atoms with Crippen LogP contribution in [-0.2, 0) is 4.79 Å². The molecular weight excluding hydrogens is 224 g/mol. The Bertz CT molecular complexity index is 371. The lowest BCUT2D eigenvalue weighted by Gasteiger charge is -2.39. The molecule has 0 unspecified atom stereocenters. The smallest absolute Gasteiger partial charge is 0.218 e. The number of amides is 1. The summed E-state index contributed by atoms with van der Waals surface area (Å²) in [6, 6.07) is 7.97. The first-order valence-electron chi connectivity index (χ1n) is 5.41. The number of hydrogen-bond acceptors (Lipinski definition) is 2. The molecule has 0 bridgehead atoms. The van der Waals surface area contributed by atoms with Gasteiger partial charge < -0.3 is 10.6 Å². The third-order valence-corrected chi connectivity index (χ3v) is 3.22. The van der Waals surface area contributed by atoms with E-state index in [0.29, 0.717) is 12.3 Å². The third-order valence-electron chi connectivity index (χ3n) is 2.97. The van der Waals surface area contributed by atoms with Crippen LogP contribution in [0.4, 0.5) is 0 Å². The molecule has 0 spiro atoms. The molecule has 0 aliphatic carbocycles. The monoisotopic (exact) mass is 238 g/mol. The summed E-state index contributed by atoms with van der Waals surface area (Å²) in [4.78, 5) is 12.9. The number of primary amides is 1. The average molecular weight is 239 g/mol. The van der Waals surface area contributed by atoms with Gasteiger partial charge >= 0.3 is 0 Å². The van der Waals surface area contributed by atoms with Gasteiger partial charge in [-0.15, -0.1) is 0 Å². The summed E-state index contributed by atoms with van der Waals surface area (Å²) in [6.45, 7) is 2.79. The van der Waals surface area contributed by atoms with E-state index >= 15 is 0 Å². The number of nitrogens with zero attached hydrogens (tertiary/aromatic N) is 1. The van der Waals surface area contributed by atoms with Gasteiger partial charge in [0.2, 0.25) is 5.91 Å². The Kier molecular flexibility index (Phi) is 3.46. The van der Waals surface area contributed by atoms with Crippen molar-refractivity contribution >= 4 is 17.5 Å². The second-order valence-corrected chi connectivity index (χ2v) is 4.66. The second kappa shape index (κ2) is 4.85. The van der Waals surface area contributed by atoms with Crippen LogP contribution in [0.1, 0.15) is 17.9 Å².